The Balaban J connectivity index is 1.99. The monoisotopic (exact) mass is 427 g/mol. The number of ether oxygens (including phenoxy) is 2. The summed E-state index contributed by atoms with van der Waals surface area (Å²) >= 11 is 0. The maximum Gasteiger partial charge on any atom is 0.222 e. The molecule has 2 aromatic carbocycles. The van der Waals surface area contributed by atoms with Crippen LogP contribution in [0.15, 0.2) is 54.6 Å². The largest absolute Gasteiger partial charge is 0.439 e. The number of nitrogens with zero attached hydrogens (tertiary/aromatic N) is 3. The SMILES string of the molecule is CCC(O)CN(CCOC)Cc1c(-c2ccccc2)nn(C)c1Oc1ccc(F)cc1. The summed E-state index contributed by atoms with van der Waals surface area (Å²) in [4.78, 5) is 2.14. The Morgan fingerprint density at radius 1 is 1.13 bits per heavy atom. The van der Waals surface area contributed by atoms with E-state index in [2.05, 4.69) is 4.90 Å². The Morgan fingerprint density at radius 3 is 2.48 bits per heavy atom. The van der Waals surface area contributed by atoms with E-state index in [0.717, 1.165) is 16.8 Å². The number of aliphatic hydroxyl groups is 1. The minimum absolute atomic E-state index is 0.318. The first-order valence-electron chi connectivity index (χ1n) is 10.5. The van der Waals surface area contributed by atoms with E-state index < -0.39 is 6.10 Å². The van der Waals surface area contributed by atoms with Gasteiger partial charge >= 0.3 is 0 Å². The first-order valence-corrected chi connectivity index (χ1v) is 10.5. The highest BCUT2D eigenvalue weighted by molar-refractivity contribution is 5.65. The fourth-order valence-corrected chi connectivity index (χ4v) is 3.37. The van der Waals surface area contributed by atoms with Crippen molar-refractivity contribution in [3.8, 4) is 22.9 Å². The Morgan fingerprint density at radius 2 is 1.84 bits per heavy atom. The van der Waals surface area contributed by atoms with Crippen molar-refractivity contribution < 1.29 is 19.0 Å². The van der Waals surface area contributed by atoms with E-state index in [4.69, 9.17) is 14.6 Å². The van der Waals surface area contributed by atoms with Gasteiger partial charge in [-0.2, -0.15) is 5.10 Å². The highest BCUT2D eigenvalue weighted by Gasteiger charge is 2.23. The van der Waals surface area contributed by atoms with Gasteiger partial charge in [0.1, 0.15) is 17.3 Å². The number of methoxy groups -OCH3 is 1. The van der Waals surface area contributed by atoms with Crippen LogP contribution < -0.4 is 4.74 Å². The summed E-state index contributed by atoms with van der Waals surface area (Å²) in [6.07, 6.45) is 0.233. The van der Waals surface area contributed by atoms with Crippen LogP contribution in [0.4, 0.5) is 4.39 Å². The Kier molecular flexibility index (Phi) is 8.17. The van der Waals surface area contributed by atoms with Gasteiger partial charge < -0.3 is 14.6 Å². The third kappa shape index (κ3) is 6.13. The van der Waals surface area contributed by atoms with Crippen LogP contribution in [0.1, 0.15) is 18.9 Å². The van der Waals surface area contributed by atoms with E-state index in [1.165, 1.54) is 12.1 Å². The summed E-state index contributed by atoms with van der Waals surface area (Å²) in [5, 5.41) is 15.0. The molecule has 0 fully saturated rings. The topological polar surface area (TPSA) is 59.8 Å². The highest BCUT2D eigenvalue weighted by atomic mass is 19.1. The molecular weight excluding hydrogens is 397 g/mol. The zero-order chi connectivity index (χ0) is 22.2. The van der Waals surface area contributed by atoms with Crippen molar-refractivity contribution in [2.75, 3.05) is 26.8 Å². The van der Waals surface area contributed by atoms with Crippen LogP contribution in [0.5, 0.6) is 11.6 Å². The molecule has 31 heavy (non-hydrogen) atoms. The molecule has 1 unspecified atom stereocenters. The summed E-state index contributed by atoms with van der Waals surface area (Å²) < 4.78 is 26.5. The molecule has 1 aromatic heterocycles. The van der Waals surface area contributed by atoms with Crippen molar-refractivity contribution in [3.05, 3.63) is 66.0 Å². The minimum Gasteiger partial charge on any atom is -0.439 e. The summed E-state index contributed by atoms with van der Waals surface area (Å²) in [6.45, 7) is 4.20. The molecular formula is C24H30FN3O3. The number of rotatable bonds is 11. The van der Waals surface area contributed by atoms with Crippen LogP contribution in [0.25, 0.3) is 11.3 Å². The average Bonchev–Trinajstić information content (AvgIpc) is 3.09. The number of hydrogen-bond donors (Lipinski definition) is 1. The molecule has 0 amide bonds. The molecule has 0 saturated heterocycles. The van der Waals surface area contributed by atoms with Gasteiger partial charge in [0.25, 0.3) is 0 Å². The lowest BCUT2D eigenvalue weighted by Crippen LogP contribution is -2.34. The summed E-state index contributed by atoms with van der Waals surface area (Å²) in [7, 11) is 3.49. The lowest BCUT2D eigenvalue weighted by molar-refractivity contribution is 0.0827. The number of aliphatic hydroxyl groups excluding tert-OH is 1. The van der Waals surface area contributed by atoms with E-state index in [1.54, 1.807) is 23.9 Å². The fraction of sp³-hybridized carbons (Fsp3) is 0.375. The summed E-state index contributed by atoms with van der Waals surface area (Å²) in [5.74, 6) is 0.794. The zero-order valence-electron chi connectivity index (χ0n) is 18.3. The van der Waals surface area contributed by atoms with Crippen LogP contribution >= 0.6 is 0 Å². The Labute approximate surface area is 182 Å². The molecule has 0 saturated carbocycles. The van der Waals surface area contributed by atoms with Gasteiger partial charge in [-0.3, -0.25) is 4.90 Å². The predicted molar refractivity (Wildman–Crippen MR) is 119 cm³/mol. The van der Waals surface area contributed by atoms with Gasteiger partial charge in [-0.1, -0.05) is 37.3 Å². The molecule has 166 valence electrons. The molecule has 1 N–H and O–H groups in total. The van der Waals surface area contributed by atoms with E-state index in [9.17, 15) is 9.50 Å². The van der Waals surface area contributed by atoms with Crippen molar-refractivity contribution in [1.29, 1.82) is 0 Å². The van der Waals surface area contributed by atoms with Gasteiger partial charge in [0.15, 0.2) is 0 Å². The van der Waals surface area contributed by atoms with Crippen molar-refractivity contribution in [2.45, 2.75) is 26.0 Å². The molecule has 0 radical (unpaired) electrons. The molecule has 6 nitrogen and oxygen atoms in total. The van der Waals surface area contributed by atoms with Crippen LogP contribution in [0, 0.1) is 5.82 Å². The normalized spacial score (nSPS) is 12.3. The molecule has 1 atom stereocenters. The predicted octanol–water partition coefficient (Wildman–Crippen LogP) is 4.24. The second-order valence-corrected chi connectivity index (χ2v) is 7.47. The second kappa shape index (κ2) is 11.0. The number of benzene rings is 2. The van der Waals surface area contributed by atoms with E-state index >= 15 is 0 Å². The number of halogens is 1. The Bertz CT molecular complexity index is 945. The van der Waals surface area contributed by atoms with Crippen LogP contribution in [0.3, 0.4) is 0 Å². The average molecular weight is 428 g/mol. The molecule has 0 aliphatic rings. The van der Waals surface area contributed by atoms with E-state index in [0.29, 0.717) is 44.3 Å². The van der Waals surface area contributed by atoms with Gasteiger partial charge in [0, 0.05) is 39.4 Å². The maximum absolute atomic E-state index is 13.3. The van der Waals surface area contributed by atoms with E-state index in [-0.39, 0.29) is 5.82 Å². The summed E-state index contributed by atoms with van der Waals surface area (Å²) in [5.41, 5.74) is 2.69. The smallest absolute Gasteiger partial charge is 0.222 e. The third-order valence-electron chi connectivity index (χ3n) is 5.10. The molecule has 7 heteroatoms. The van der Waals surface area contributed by atoms with Gasteiger partial charge in [-0.25, -0.2) is 9.07 Å². The highest BCUT2D eigenvalue weighted by Crippen LogP contribution is 2.34. The molecule has 3 rings (SSSR count). The quantitative estimate of drug-likeness (QED) is 0.496. The van der Waals surface area contributed by atoms with Gasteiger partial charge in [-0.15, -0.1) is 0 Å². The molecule has 0 aliphatic heterocycles. The third-order valence-corrected chi connectivity index (χ3v) is 5.10. The number of aromatic nitrogens is 2. The zero-order valence-corrected chi connectivity index (χ0v) is 18.3. The molecule has 0 bridgehead atoms. The van der Waals surface area contributed by atoms with Crippen LogP contribution in [0.2, 0.25) is 0 Å². The first-order chi connectivity index (χ1) is 15.0. The number of hydrogen-bond acceptors (Lipinski definition) is 5. The summed E-state index contributed by atoms with van der Waals surface area (Å²) in [6, 6.07) is 15.8. The lowest BCUT2D eigenvalue weighted by atomic mass is 10.1. The first kappa shape index (κ1) is 22.9. The Hall–Kier alpha value is -2.74. The lowest BCUT2D eigenvalue weighted by Gasteiger charge is -2.25. The van der Waals surface area contributed by atoms with Crippen molar-refractivity contribution >= 4 is 0 Å². The van der Waals surface area contributed by atoms with Crippen molar-refractivity contribution in [2.24, 2.45) is 7.05 Å². The van der Waals surface area contributed by atoms with Crippen molar-refractivity contribution in [3.63, 3.8) is 0 Å². The van der Waals surface area contributed by atoms with Gasteiger partial charge in [0.2, 0.25) is 5.88 Å². The van der Waals surface area contributed by atoms with E-state index in [1.807, 2.05) is 44.3 Å². The molecule has 0 aliphatic carbocycles. The van der Waals surface area contributed by atoms with Gasteiger partial charge in [-0.05, 0) is 30.7 Å². The maximum atomic E-state index is 13.3. The second-order valence-electron chi connectivity index (χ2n) is 7.47. The van der Waals surface area contributed by atoms with Crippen LogP contribution in [-0.2, 0) is 18.3 Å². The molecule has 0 spiro atoms. The van der Waals surface area contributed by atoms with Gasteiger partial charge in [0.05, 0.1) is 18.3 Å². The van der Waals surface area contributed by atoms with Crippen LogP contribution in [-0.4, -0.2) is 52.7 Å². The number of aryl methyl sites for hydroxylation is 1. The van der Waals surface area contributed by atoms with Crippen molar-refractivity contribution in [1.82, 2.24) is 14.7 Å². The molecule has 1 heterocycles. The fourth-order valence-electron chi connectivity index (χ4n) is 3.37. The minimum atomic E-state index is -0.435. The molecule has 3 aromatic rings. The standard InChI is InChI=1S/C24H30FN3O3/c1-4-20(29)16-28(14-15-30-3)17-22-23(18-8-6-5-7-9-18)26-27(2)24(22)31-21-12-10-19(25)11-13-21/h5-13,20,29H,4,14-17H2,1-3H3.